The second kappa shape index (κ2) is 6.99. The smallest absolute Gasteiger partial charge is 0.252 e. The maximum atomic E-state index is 12.3. The molecule has 0 bridgehead atoms. The number of hydrogen-bond donors (Lipinski definition) is 1. The van der Waals surface area contributed by atoms with E-state index >= 15 is 0 Å². The van der Waals surface area contributed by atoms with Gasteiger partial charge in [-0.25, -0.2) is 8.42 Å². The Morgan fingerprint density at radius 1 is 1.26 bits per heavy atom. The van der Waals surface area contributed by atoms with E-state index in [1.54, 1.807) is 31.2 Å². The molecule has 1 aliphatic heterocycles. The van der Waals surface area contributed by atoms with Crippen molar-refractivity contribution in [1.29, 1.82) is 0 Å². The molecule has 1 saturated heterocycles. The third kappa shape index (κ3) is 4.44. The van der Waals surface area contributed by atoms with Crippen molar-refractivity contribution in [3.63, 3.8) is 0 Å². The number of nitrogens with one attached hydrogen (secondary N) is 1. The second-order valence-corrected chi connectivity index (χ2v) is 7.71. The van der Waals surface area contributed by atoms with Crippen molar-refractivity contribution in [2.45, 2.75) is 13.0 Å². The lowest BCUT2D eigenvalue weighted by molar-refractivity contribution is -0.132. The Morgan fingerprint density at radius 2 is 1.91 bits per heavy atom. The molecule has 2 amide bonds. The molecule has 1 aromatic carbocycles. The SMILES string of the molecule is COc1cccc(C(=O)N[C@@H](C)C(=O)N2CCS(=O)(=O)CC2)c1. The third-order valence-corrected chi connectivity index (χ3v) is 5.32. The molecule has 8 heteroatoms. The molecule has 0 spiro atoms. The highest BCUT2D eigenvalue weighted by atomic mass is 32.2. The van der Waals surface area contributed by atoms with Gasteiger partial charge in [-0.1, -0.05) is 6.07 Å². The average Bonchev–Trinajstić information content (AvgIpc) is 2.54. The summed E-state index contributed by atoms with van der Waals surface area (Å²) >= 11 is 0. The molecule has 126 valence electrons. The Bertz CT molecular complexity index is 688. The van der Waals surface area contributed by atoms with E-state index in [0.29, 0.717) is 11.3 Å². The molecule has 1 aromatic rings. The fourth-order valence-corrected chi connectivity index (χ4v) is 3.51. The molecular weight excluding hydrogens is 320 g/mol. The molecule has 1 fully saturated rings. The van der Waals surface area contributed by atoms with Crippen LogP contribution in [-0.2, 0) is 14.6 Å². The van der Waals surface area contributed by atoms with E-state index in [4.69, 9.17) is 4.74 Å². The summed E-state index contributed by atoms with van der Waals surface area (Å²) in [5.41, 5.74) is 0.394. The molecule has 1 N–H and O–H groups in total. The van der Waals surface area contributed by atoms with Gasteiger partial charge in [0.2, 0.25) is 5.91 Å². The predicted octanol–water partition coefficient (Wildman–Crippen LogP) is 0.0705. The maximum absolute atomic E-state index is 12.3. The molecule has 1 aliphatic rings. The van der Waals surface area contributed by atoms with Gasteiger partial charge in [0, 0.05) is 18.7 Å². The number of rotatable bonds is 4. The lowest BCUT2D eigenvalue weighted by atomic mass is 10.2. The zero-order valence-corrected chi connectivity index (χ0v) is 13.9. The highest BCUT2D eigenvalue weighted by Crippen LogP contribution is 2.13. The van der Waals surface area contributed by atoms with Crippen LogP contribution in [0.5, 0.6) is 5.75 Å². The lowest BCUT2D eigenvalue weighted by Gasteiger charge is -2.29. The molecule has 0 aromatic heterocycles. The molecule has 23 heavy (non-hydrogen) atoms. The van der Waals surface area contributed by atoms with Crippen LogP contribution in [0.2, 0.25) is 0 Å². The predicted molar refractivity (Wildman–Crippen MR) is 85.2 cm³/mol. The van der Waals surface area contributed by atoms with Crippen molar-refractivity contribution in [1.82, 2.24) is 10.2 Å². The summed E-state index contributed by atoms with van der Waals surface area (Å²) in [6, 6.07) is 5.90. The monoisotopic (exact) mass is 340 g/mol. The first-order valence-corrected chi connectivity index (χ1v) is 9.08. The fourth-order valence-electron chi connectivity index (χ4n) is 2.31. The van der Waals surface area contributed by atoms with E-state index in [2.05, 4.69) is 5.32 Å². The minimum atomic E-state index is -3.04. The quantitative estimate of drug-likeness (QED) is 0.837. The number of sulfone groups is 1. The van der Waals surface area contributed by atoms with Gasteiger partial charge in [-0.3, -0.25) is 9.59 Å². The van der Waals surface area contributed by atoms with E-state index in [0.717, 1.165) is 0 Å². The number of carbonyl (C=O) groups is 2. The number of benzene rings is 1. The zero-order chi connectivity index (χ0) is 17.0. The minimum Gasteiger partial charge on any atom is -0.497 e. The van der Waals surface area contributed by atoms with Crippen LogP contribution in [0.3, 0.4) is 0 Å². The summed E-state index contributed by atoms with van der Waals surface area (Å²) in [5.74, 6) is -0.173. The average molecular weight is 340 g/mol. The van der Waals surface area contributed by atoms with Crippen LogP contribution < -0.4 is 10.1 Å². The first-order valence-electron chi connectivity index (χ1n) is 7.26. The van der Waals surface area contributed by atoms with E-state index < -0.39 is 15.9 Å². The minimum absolute atomic E-state index is 0.0324. The van der Waals surface area contributed by atoms with Gasteiger partial charge >= 0.3 is 0 Å². The Hall–Kier alpha value is -2.09. The van der Waals surface area contributed by atoms with E-state index in [1.807, 2.05) is 0 Å². The molecular formula is C15H20N2O5S. The zero-order valence-electron chi connectivity index (χ0n) is 13.1. The van der Waals surface area contributed by atoms with Gasteiger partial charge in [0.25, 0.3) is 5.91 Å². The standard InChI is InChI=1S/C15H20N2O5S/c1-11(15(19)17-6-8-23(20,21)9-7-17)16-14(18)12-4-3-5-13(10-12)22-2/h3-5,10-11H,6-9H2,1-2H3,(H,16,18)/t11-/m0/s1. The highest BCUT2D eigenvalue weighted by Gasteiger charge is 2.28. The number of ether oxygens (including phenoxy) is 1. The van der Waals surface area contributed by atoms with Crippen LogP contribution in [0.15, 0.2) is 24.3 Å². The summed E-state index contributed by atoms with van der Waals surface area (Å²) in [6.07, 6.45) is 0. The maximum Gasteiger partial charge on any atom is 0.252 e. The van der Waals surface area contributed by atoms with Crippen molar-refractivity contribution >= 4 is 21.7 Å². The van der Waals surface area contributed by atoms with Crippen LogP contribution in [0.4, 0.5) is 0 Å². The Kier molecular flexibility index (Phi) is 5.25. The van der Waals surface area contributed by atoms with Crippen LogP contribution in [0.25, 0.3) is 0 Å². The van der Waals surface area contributed by atoms with E-state index in [1.165, 1.54) is 12.0 Å². The van der Waals surface area contributed by atoms with Crippen molar-refractivity contribution < 1.29 is 22.7 Å². The molecule has 2 rings (SSSR count). The normalized spacial score (nSPS) is 18.1. The number of methoxy groups -OCH3 is 1. The molecule has 0 aliphatic carbocycles. The Labute approximate surface area is 135 Å². The number of nitrogens with zero attached hydrogens (tertiary/aromatic N) is 1. The third-order valence-electron chi connectivity index (χ3n) is 3.71. The number of carbonyl (C=O) groups excluding carboxylic acids is 2. The molecule has 0 unspecified atom stereocenters. The fraction of sp³-hybridized carbons (Fsp3) is 0.467. The van der Waals surface area contributed by atoms with Gasteiger partial charge in [-0.2, -0.15) is 0 Å². The molecule has 1 atom stereocenters. The van der Waals surface area contributed by atoms with Crippen molar-refractivity contribution in [3.05, 3.63) is 29.8 Å². The summed E-state index contributed by atoms with van der Waals surface area (Å²) in [7, 11) is -1.54. The summed E-state index contributed by atoms with van der Waals surface area (Å²) in [6.45, 7) is 1.92. The van der Waals surface area contributed by atoms with Gasteiger partial charge in [0.1, 0.15) is 11.8 Å². The first-order chi connectivity index (χ1) is 10.8. The van der Waals surface area contributed by atoms with Gasteiger partial charge in [-0.05, 0) is 25.1 Å². The summed E-state index contributed by atoms with van der Waals surface area (Å²) in [5, 5.41) is 2.63. The molecule has 7 nitrogen and oxygen atoms in total. The lowest BCUT2D eigenvalue weighted by Crippen LogP contribution is -2.51. The van der Waals surface area contributed by atoms with Crippen molar-refractivity contribution in [2.75, 3.05) is 31.7 Å². The summed E-state index contributed by atoms with van der Waals surface area (Å²) in [4.78, 5) is 25.9. The van der Waals surface area contributed by atoms with Gasteiger partial charge in [0.15, 0.2) is 9.84 Å². The van der Waals surface area contributed by atoms with Crippen molar-refractivity contribution in [3.8, 4) is 5.75 Å². The van der Waals surface area contributed by atoms with Crippen LogP contribution in [-0.4, -0.2) is 62.9 Å². The second-order valence-electron chi connectivity index (χ2n) is 5.40. The molecule has 0 saturated carbocycles. The van der Waals surface area contributed by atoms with Crippen LogP contribution in [0.1, 0.15) is 17.3 Å². The van der Waals surface area contributed by atoms with Gasteiger partial charge < -0.3 is 15.0 Å². The summed E-state index contributed by atoms with van der Waals surface area (Å²) < 4.78 is 27.8. The van der Waals surface area contributed by atoms with E-state index in [9.17, 15) is 18.0 Å². The molecule has 1 heterocycles. The number of amides is 2. The van der Waals surface area contributed by atoms with Crippen LogP contribution >= 0.6 is 0 Å². The Balaban J connectivity index is 1.96. The highest BCUT2D eigenvalue weighted by molar-refractivity contribution is 7.91. The van der Waals surface area contributed by atoms with Gasteiger partial charge in [0.05, 0.1) is 18.6 Å². The van der Waals surface area contributed by atoms with Crippen LogP contribution in [0, 0.1) is 0 Å². The number of hydrogen-bond acceptors (Lipinski definition) is 5. The van der Waals surface area contributed by atoms with Crippen molar-refractivity contribution in [2.24, 2.45) is 0 Å². The largest absolute Gasteiger partial charge is 0.497 e. The molecule has 0 radical (unpaired) electrons. The van der Waals surface area contributed by atoms with Gasteiger partial charge in [-0.15, -0.1) is 0 Å². The van der Waals surface area contributed by atoms with E-state index in [-0.39, 0.29) is 36.4 Å². The first kappa shape index (κ1) is 17.3. The Morgan fingerprint density at radius 3 is 2.52 bits per heavy atom. The topological polar surface area (TPSA) is 92.8 Å².